The zero-order chi connectivity index (χ0) is 9.97. The lowest BCUT2D eigenvalue weighted by Gasteiger charge is -2.27. The molecular weight excluding hydrogens is 174 g/mol. The average Bonchev–Trinajstić information content (AvgIpc) is 2.52. The number of hydrogen-bond acceptors (Lipinski definition) is 2. The van der Waals surface area contributed by atoms with Gasteiger partial charge in [0.1, 0.15) is 0 Å². The second-order valence-corrected chi connectivity index (χ2v) is 5.34. The number of hydrogen-bond donors (Lipinski definition) is 1. The number of fused-ring (bicyclic) bond motifs is 2. The first-order valence-corrected chi connectivity index (χ1v) is 6.08. The van der Waals surface area contributed by atoms with E-state index in [1.165, 1.54) is 25.8 Å². The summed E-state index contributed by atoms with van der Waals surface area (Å²) in [5.74, 6) is 2.51. The molecule has 0 aromatic carbocycles. The van der Waals surface area contributed by atoms with Crippen LogP contribution in [0.4, 0.5) is 0 Å². The van der Waals surface area contributed by atoms with Gasteiger partial charge in [-0.25, -0.2) is 0 Å². The van der Waals surface area contributed by atoms with E-state index in [1.807, 2.05) is 0 Å². The molecular formula is C12H23NO. The van der Waals surface area contributed by atoms with Crippen molar-refractivity contribution in [2.24, 2.45) is 17.8 Å². The molecule has 0 spiro atoms. The molecule has 2 fully saturated rings. The molecule has 2 bridgehead atoms. The molecule has 1 saturated carbocycles. The van der Waals surface area contributed by atoms with Crippen LogP contribution in [0.3, 0.4) is 0 Å². The van der Waals surface area contributed by atoms with Gasteiger partial charge in [0.15, 0.2) is 0 Å². The van der Waals surface area contributed by atoms with Gasteiger partial charge in [-0.15, -0.1) is 0 Å². The lowest BCUT2D eigenvalue weighted by molar-refractivity contribution is 0.107. The summed E-state index contributed by atoms with van der Waals surface area (Å²) in [5.41, 5.74) is 0. The summed E-state index contributed by atoms with van der Waals surface area (Å²) in [6, 6.07) is 0. The number of ether oxygens (including phenoxy) is 1. The van der Waals surface area contributed by atoms with Crippen molar-refractivity contribution < 1.29 is 4.74 Å². The van der Waals surface area contributed by atoms with E-state index in [4.69, 9.17) is 4.74 Å². The highest BCUT2D eigenvalue weighted by Crippen LogP contribution is 2.37. The van der Waals surface area contributed by atoms with Crippen molar-refractivity contribution in [2.45, 2.75) is 39.2 Å². The first-order valence-electron chi connectivity index (χ1n) is 6.08. The highest BCUT2D eigenvalue weighted by Gasteiger charge is 2.36. The Morgan fingerprint density at radius 1 is 1.36 bits per heavy atom. The SMILES string of the molecule is CC(C)CNCC1CCC2CC1CO2. The first kappa shape index (κ1) is 10.4. The van der Waals surface area contributed by atoms with Crippen LogP contribution in [0.15, 0.2) is 0 Å². The van der Waals surface area contributed by atoms with Crippen LogP contribution < -0.4 is 5.32 Å². The Bertz CT molecular complexity index is 181. The number of nitrogens with one attached hydrogen (secondary N) is 1. The molecule has 3 atom stereocenters. The largest absolute Gasteiger partial charge is 0.378 e. The van der Waals surface area contributed by atoms with Gasteiger partial charge in [-0.3, -0.25) is 0 Å². The second kappa shape index (κ2) is 4.63. The van der Waals surface area contributed by atoms with Gasteiger partial charge in [0, 0.05) is 0 Å². The maximum absolute atomic E-state index is 5.71. The van der Waals surface area contributed by atoms with Gasteiger partial charge in [0.05, 0.1) is 12.7 Å². The van der Waals surface area contributed by atoms with Gasteiger partial charge in [-0.05, 0) is 50.1 Å². The van der Waals surface area contributed by atoms with Crippen LogP contribution in [0.5, 0.6) is 0 Å². The fourth-order valence-electron chi connectivity index (χ4n) is 2.72. The van der Waals surface area contributed by atoms with E-state index in [0.29, 0.717) is 6.10 Å². The van der Waals surface area contributed by atoms with Crippen molar-refractivity contribution in [1.82, 2.24) is 5.32 Å². The van der Waals surface area contributed by atoms with E-state index >= 15 is 0 Å². The highest BCUT2D eigenvalue weighted by atomic mass is 16.5. The fourth-order valence-corrected chi connectivity index (χ4v) is 2.72. The average molecular weight is 197 g/mol. The molecule has 1 saturated heterocycles. The predicted molar refractivity (Wildman–Crippen MR) is 58.3 cm³/mol. The topological polar surface area (TPSA) is 21.3 Å². The van der Waals surface area contributed by atoms with Crippen LogP contribution in [-0.4, -0.2) is 25.8 Å². The minimum atomic E-state index is 0.612. The van der Waals surface area contributed by atoms with Crippen LogP contribution >= 0.6 is 0 Å². The van der Waals surface area contributed by atoms with Gasteiger partial charge in [-0.2, -0.15) is 0 Å². The lowest BCUT2D eigenvalue weighted by atomic mass is 9.80. The molecule has 0 aromatic rings. The summed E-state index contributed by atoms with van der Waals surface area (Å²) in [6.45, 7) is 7.93. The van der Waals surface area contributed by atoms with E-state index in [-0.39, 0.29) is 0 Å². The van der Waals surface area contributed by atoms with Gasteiger partial charge in [0.2, 0.25) is 0 Å². The van der Waals surface area contributed by atoms with Crippen molar-refractivity contribution in [3.8, 4) is 0 Å². The minimum absolute atomic E-state index is 0.612. The van der Waals surface area contributed by atoms with Crippen molar-refractivity contribution in [1.29, 1.82) is 0 Å². The normalized spacial score (nSPS) is 36.6. The lowest BCUT2D eigenvalue weighted by Crippen LogP contribution is -2.33. The Hall–Kier alpha value is -0.0800. The quantitative estimate of drug-likeness (QED) is 0.744. The van der Waals surface area contributed by atoms with E-state index in [0.717, 1.165) is 30.9 Å². The van der Waals surface area contributed by atoms with Crippen molar-refractivity contribution >= 4 is 0 Å². The molecule has 2 rings (SSSR count). The highest BCUT2D eigenvalue weighted by molar-refractivity contribution is 4.86. The van der Waals surface area contributed by atoms with Crippen molar-refractivity contribution in [3.63, 3.8) is 0 Å². The molecule has 1 N–H and O–H groups in total. The van der Waals surface area contributed by atoms with Crippen molar-refractivity contribution in [2.75, 3.05) is 19.7 Å². The van der Waals surface area contributed by atoms with Gasteiger partial charge >= 0.3 is 0 Å². The molecule has 1 aliphatic carbocycles. The number of rotatable bonds is 4. The molecule has 1 heterocycles. The summed E-state index contributed by atoms with van der Waals surface area (Å²) in [7, 11) is 0. The molecule has 2 nitrogen and oxygen atoms in total. The molecule has 14 heavy (non-hydrogen) atoms. The van der Waals surface area contributed by atoms with E-state index in [2.05, 4.69) is 19.2 Å². The molecule has 0 radical (unpaired) electrons. The second-order valence-electron chi connectivity index (χ2n) is 5.34. The summed E-state index contributed by atoms with van der Waals surface area (Å²) < 4.78 is 5.71. The Balaban J connectivity index is 1.70. The molecule has 2 heteroatoms. The minimum Gasteiger partial charge on any atom is -0.378 e. The molecule has 2 aliphatic rings. The van der Waals surface area contributed by atoms with E-state index in [1.54, 1.807) is 0 Å². The Morgan fingerprint density at radius 2 is 2.21 bits per heavy atom. The summed E-state index contributed by atoms with van der Waals surface area (Å²) in [5, 5.41) is 3.58. The summed E-state index contributed by atoms with van der Waals surface area (Å²) in [4.78, 5) is 0. The van der Waals surface area contributed by atoms with Crippen LogP contribution in [0.2, 0.25) is 0 Å². The maximum atomic E-state index is 5.71. The van der Waals surface area contributed by atoms with Crippen LogP contribution in [0, 0.1) is 17.8 Å². The first-order chi connectivity index (χ1) is 6.75. The monoisotopic (exact) mass is 197 g/mol. The molecule has 3 unspecified atom stereocenters. The molecule has 0 amide bonds. The van der Waals surface area contributed by atoms with Gasteiger partial charge in [0.25, 0.3) is 0 Å². The third kappa shape index (κ3) is 2.48. The Labute approximate surface area is 87.4 Å². The molecule has 82 valence electrons. The molecule has 0 aromatic heterocycles. The van der Waals surface area contributed by atoms with E-state index in [9.17, 15) is 0 Å². The zero-order valence-corrected chi connectivity index (χ0v) is 9.46. The van der Waals surface area contributed by atoms with Gasteiger partial charge in [-0.1, -0.05) is 13.8 Å². The van der Waals surface area contributed by atoms with Crippen LogP contribution in [-0.2, 0) is 4.74 Å². The van der Waals surface area contributed by atoms with Crippen LogP contribution in [0.25, 0.3) is 0 Å². The third-order valence-electron chi connectivity index (χ3n) is 3.60. The van der Waals surface area contributed by atoms with Crippen molar-refractivity contribution in [3.05, 3.63) is 0 Å². The van der Waals surface area contributed by atoms with Gasteiger partial charge < -0.3 is 10.1 Å². The Kier molecular flexibility index (Phi) is 3.45. The predicted octanol–water partition coefficient (Wildman–Crippen LogP) is 2.05. The summed E-state index contributed by atoms with van der Waals surface area (Å²) >= 11 is 0. The maximum Gasteiger partial charge on any atom is 0.0579 e. The van der Waals surface area contributed by atoms with Crippen LogP contribution in [0.1, 0.15) is 33.1 Å². The fraction of sp³-hybridized carbons (Fsp3) is 1.00. The zero-order valence-electron chi connectivity index (χ0n) is 9.46. The smallest absolute Gasteiger partial charge is 0.0579 e. The molecule has 1 aliphatic heterocycles. The summed E-state index contributed by atoms with van der Waals surface area (Å²) in [6.07, 6.45) is 4.61. The third-order valence-corrected chi connectivity index (χ3v) is 3.60. The van der Waals surface area contributed by atoms with E-state index < -0.39 is 0 Å². The Morgan fingerprint density at radius 3 is 3.00 bits per heavy atom. The standard InChI is InChI=1S/C12H23NO/c1-9(2)6-13-7-10-3-4-12-5-11(10)8-14-12/h9-13H,3-8H2,1-2H3.